The molecule has 0 saturated heterocycles. The maximum absolute atomic E-state index is 12.3. The minimum atomic E-state index is -4.03. The van der Waals surface area contributed by atoms with E-state index in [9.17, 15) is 18.5 Å². The molecule has 9 heteroatoms. The average Bonchev–Trinajstić information content (AvgIpc) is 2.35. The van der Waals surface area contributed by atoms with Gasteiger partial charge in [-0.05, 0) is 12.1 Å². The van der Waals surface area contributed by atoms with Gasteiger partial charge in [0, 0.05) is 24.2 Å². The lowest BCUT2D eigenvalue weighted by Crippen LogP contribution is -2.33. The SMILES string of the molecule is CCN(CCO)S(=O)(=O)c1ccc(Cl)cc1[N+](=O)[O-]. The van der Waals surface area contributed by atoms with Crippen molar-refractivity contribution >= 4 is 27.3 Å². The first-order valence-electron chi connectivity index (χ1n) is 5.39. The number of likely N-dealkylation sites (N-methyl/N-ethyl adjacent to an activating group) is 1. The number of sulfonamides is 1. The van der Waals surface area contributed by atoms with Crippen LogP contribution in [-0.4, -0.2) is 42.4 Å². The molecular weight excluding hydrogens is 296 g/mol. The van der Waals surface area contributed by atoms with Crippen LogP contribution in [0.2, 0.25) is 5.02 Å². The molecule has 0 atom stereocenters. The highest BCUT2D eigenvalue weighted by molar-refractivity contribution is 7.89. The Kier molecular flexibility index (Phi) is 5.24. The molecule has 106 valence electrons. The minimum Gasteiger partial charge on any atom is -0.395 e. The molecule has 0 bridgehead atoms. The van der Waals surface area contributed by atoms with Crippen LogP contribution in [0.25, 0.3) is 0 Å². The first-order chi connectivity index (χ1) is 8.84. The van der Waals surface area contributed by atoms with Crippen LogP contribution in [0.1, 0.15) is 6.92 Å². The largest absolute Gasteiger partial charge is 0.395 e. The van der Waals surface area contributed by atoms with E-state index in [2.05, 4.69) is 0 Å². The summed E-state index contributed by atoms with van der Waals surface area (Å²) in [7, 11) is -4.03. The summed E-state index contributed by atoms with van der Waals surface area (Å²) in [5.41, 5.74) is -0.580. The van der Waals surface area contributed by atoms with Crippen LogP contribution in [0.15, 0.2) is 23.1 Å². The second-order valence-electron chi connectivity index (χ2n) is 3.59. The van der Waals surface area contributed by atoms with E-state index in [4.69, 9.17) is 16.7 Å². The zero-order chi connectivity index (χ0) is 14.6. The minimum absolute atomic E-state index is 0.0795. The fourth-order valence-electron chi connectivity index (χ4n) is 1.55. The Bertz CT molecular complexity index is 575. The number of nitro benzene ring substituents is 1. The zero-order valence-corrected chi connectivity index (χ0v) is 11.7. The van der Waals surface area contributed by atoms with Gasteiger partial charge in [-0.3, -0.25) is 10.1 Å². The van der Waals surface area contributed by atoms with Crippen molar-refractivity contribution in [2.24, 2.45) is 0 Å². The number of nitro groups is 1. The lowest BCUT2D eigenvalue weighted by Gasteiger charge is -2.19. The van der Waals surface area contributed by atoms with Crippen LogP contribution in [0, 0.1) is 10.1 Å². The summed E-state index contributed by atoms with van der Waals surface area (Å²) in [4.78, 5) is 9.67. The molecule has 0 amide bonds. The number of rotatable bonds is 6. The summed E-state index contributed by atoms with van der Waals surface area (Å²) in [6, 6.07) is 3.35. The molecule has 0 aliphatic rings. The fourth-order valence-corrected chi connectivity index (χ4v) is 3.29. The number of benzene rings is 1. The van der Waals surface area contributed by atoms with E-state index in [-0.39, 0.29) is 24.7 Å². The van der Waals surface area contributed by atoms with E-state index in [1.54, 1.807) is 6.92 Å². The third-order valence-corrected chi connectivity index (χ3v) is 4.69. The van der Waals surface area contributed by atoms with E-state index in [0.29, 0.717) is 0 Å². The maximum atomic E-state index is 12.3. The number of hydrogen-bond donors (Lipinski definition) is 1. The highest BCUT2D eigenvalue weighted by Gasteiger charge is 2.30. The van der Waals surface area contributed by atoms with Gasteiger partial charge in [-0.15, -0.1) is 0 Å². The van der Waals surface area contributed by atoms with Gasteiger partial charge in [-0.2, -0.15) is 4.31 Å². The van der Waals surface area contributed by atoms with Gasteiger partial charge >= 0.3 is 0 Å². The predicted octanol–water partition coefficient (Wildman–Crippen LogP) is 1.25. The van der Waals surface area contributed by atoms with Crippen LogP contribution in [0.5, 0.6) is 0 Å². The highest BCUT2D eigenvalue weighted by Crippen LogP contribution is 2.29. The van der Waals surface area contributed by atoms with Crippen LogP contribution in [0.4, 0.5) is 5.69 Å². The van der Waals surface area contributed by atoms with E-state index < -0.39 is 25.5 Å². The second-order valence-corrected chi connectivity index (χ2v) is 5.93. The van der Waals surface area contributed by atoms with Crippen molar-refractivity contribution in [3.63, 3.8) is 0 Å². The third-order valence-electron chi connectivity index (χ3n) is 2.44. The Balaban J connectivity index is 3.39. The Morgan fingerprint density at radius 1 is 1.47 bits per heavy atom. The summed E-state index contributed by atoms with van der Waals surface area (Å²) < 4.78 is 25.5. The lowest BCUT2D eigenvalue weighted by atomic mass is 10.3. The Morgan fingerprint density at radius 2 is 2.11 bits per heavy atom. The summed E-state index contributed by atoms with van der Waals surface area (Å²) >= 11 is 5.63. The smallest absolute Gasteiger partial charge is 0.290 e. The molecule has 0 radical (unpaired) electrons. The Morgan fingerprint density at radius 3 is 2.58 bits per heavy atom. The standard InChI is InChI=1S/C10H13ClN2O5S/c1-2-12(5-6-14)19(17,18)10-4-3-8(11)7-9(10)13(15)16/h3-4,7,14H,2,5-6H2,1H3. The molecule has 0 fully saturated rings. The second kappa shape index (κ2) is 6.29. The number of hydrogen-bond acceptors (Lipinski definition) is 5. The average molecular weight is 309 g/mol. The van der Waals surface area contributed by atoms with Crippen molar-refractivity contribution in [1.29, 1.82) is 0 Å². The topological polar surface area (TPSA) is 101 Å². The van der Waals surface area contributed by atoms with Crippen molar-refractivity contribution in [3.8, 4) is 0 Å². The van der Waals surface area contributed by atoms with Crippen molar-refractivity contribution in [2.45, 2.75) is 11.8 Å². The highest BCUT2D eigenvalue weighted by atomic mass is 35.5. The molecule has 0 heterocycles. The zero-order valence-electron chi connectivity index (χ0n) is 10.1. The van der Waals surface area contributed by atoms with Crippen LogP contribution in [-0.2, 0) is 10.0 Å². The maximum Gasteiger partial charge on any atom is 0.290 e. The molecular formula is C10H13ClN2O5S. The summed E-state index contributed by atoms with van der Waals surface area (Å²) in [6.07, 6.45) is 0. The summed E-state index contributed by atoms with van der Waals surface area (Å²) in [5, 5.41) is 19.8. The predicted molar refractivity (Wildman–Crippen MR) is 69.6 cm³/mol. The number of nitrogens with zero attached hydrogens (tertiary/aromatic N) is 2. The van der Waals surface area contributed by atoms with Crippen molar-refractivity contribution in [3.05, 3.63) is 33.3 Å². The monoisotopic (exact) mass is 308 g/mol. The van der Waals surface area contributed by atoms with Gasteiger partial charge in [0.15, 0.2) is 4.90 Å². The van der Waals surface area contributed by atoms with Gasteiger partial charge in [-0.1, -0.05) is 18.5 Å². The molecule has 1 aromatic rings. The molecule has 0 aromatic heterocycles. The Labute approximate surface area is 115 Å². The summed E-state index contributed by atoms with van der Waals surface area (Å²) in [5.74, 6) is 0. The molecule has 0 unspecified atom stereocenters. The Hall–Kier alpha value is -1.22. The number of aliphatic hydroxyl groups is 1. The fraction of sp³-hybridized carbons (Fsp3) is 0.400. The first-order valence-corrected chi connectivity index (χ1v) is 7.21. The first kappa shape index (κ1) is 15.8. The van der Waals surface area contributed by atoms with Crippen LogP contribution in [0.3, 0.4) is 0 Å². The molecule has 1 rings (SSSR count). The van der Waals surface area contributed by atoms with Gasteiger partial charge in [0.25, 0.3) is 5.69 Å². The van der Waals surface area contributed by atoms with Crippen molar-refractivity contribution < 1.29 is 18.4 Å². The number of aliphatic hydroxyl groups excluding tert-OH is 1. The molecule has 1 aromatic carbocycles. The van der Waals surface area contributed by atoms with Crippen LogP contribution >= 0.6 is 11.6 Å². The van der Waals surface area contributed by atoms with Crippen molar-refractivity contribution in [2.75, 3.05) is 19.7 Å². The third kappa shape index (κ3) is 3.41. The normalized spacial score (nSPS) is 11.8. The lowest BCUT2D eigenvalue weighted by molar-refractivity contribution is -0.387. The van der Waals surface area contributed by atoms with Crippen LogP contribution < -0.4 is 0 Å². The molecule has 0 saturated carbocycles. The van der Waals surface area contributed by atoms with Gasteiger partial charge in [0.05, 0.1) is 11.5 Å². The number of halogens is 1. The molecule has 19 heavy (non-hydrogen) atoms. The molecule has 0 aliphatic carbocycles. The van der Waals surface area contributed by atoms with Gasteiger partial charge in [-0.25, -0.2) is 8.42 Å². The summed E-state index contributed by atoms with van der Waals surface area (Å²) in [6.45, 7) is 1.19. The van der Waals surface area contributed by atoms with Crippen molar-refractivity contribution in [1.82, 2.24) is 4.31 Å². The molecule has 0 aliphatic heterocycles. The van der Waals surface area contributed by atoms with Gasteiger partial charge < -0.3 is 5.11 Å². The molecule has 7 nitrogen and oxygen atoms in total. The molecule has 1 N–H and O–H groups in total. The van der Waals surface area contributed by atoms with E-state index in [1.807, 2.05) is 0 Å². The quantitative estimate of drug-likeness (QED) is 0.629. The molecule has 0 spiro atoms. The van der Waals surface area contributed by atoms with E-state index in [1.165, 1.54) is 6.07 Å². The van der Waals surface area contributed by atoms with Gasteiger partial charge in [0.2, 0.25) is 10.0 Å². The van der Waals surface area contributed by atoms with Gasteiger partial charge in [0.1, 0.15) is 0 Å². The van der Waals surface area contributed by atoms with E-state index >= 15 is 0 Å². The van der Waals surface area contributed by atoms with E-state index in [0.717, 1.165) is 16.4 Å².